The van der Waals surface area contributed by atoms with Gasteiger partial charge in [0.05, 0.1) is 17.4 Å². The number of para-hydroxylation sites is 2. The highest BCUT2D eigenvalue weighted by Gasteiger charge is 2.29. The van der Waals surface area contributed by atoms with Crippen molar-refractivity contribution in [2.45, 2.75) is 76.4 Å². The van der Waals surface area contributed by atoms with Crippen molar-refractivity contribution >= 4 is 23.8 Å². The van der Waals surface area contributed by atoms with Crippen LogP contribution in [0.15, 0.2) is 53.2 Å². The minimum Gasteiger partial charge on any atom is -0.388 e. The van der Waals surface area contributed by atoms with Crippen LogP contribution < -0.4 is 10.6 Å². The number of nitrogens with one attached hydrogen (secondary N) is 3. The molecule has 1 saturated carbocycles. The molecule has 0 amide bonds. The molecule has 0 spiro atoms. The molecule has 1 aliphatic carbocycles. The zero-order valence-corrected chi connectivity index (χ0v) is 19.5. The summed E-state index contributed by atoms with van der Waals surface area (Å²) in [6.07, 6.45) is 15.5. The fourth-order valence-corrected chi connectivity index (χ4v) is 5.44. The summed E-state index contributed by atoms with van der Waals surface area (Å²) < 4.78 is 0. The molecule has 1 saturated heterocycles. The lowest BCUT2D eigenvalue weighted by molar-refractivity contribution is 0.0989. The second-order valence-corrected chi connectivity index (χ2v) is 9.68. The van der Waals surface area contributed by atoms with Crippen LogP contribution in [0.25, 0.3) is 0 Å². The summed E-state index contributed by atoms with van der Waals surface area (Å²) in [7, 11) is 0. The molecule has 4 rings (SSSR count). The first-order valence-electron chi connectivity index (χ1n) is 12.4. The first-order chi connectivity index (χ1) is 15.7. The summed E-state index contributed by atoms with van der Waals surface area (Å²) in [5.74, 6) is 0.838. The van der Waals surface area contributed by atoms with E-state index in [1.165, 1.54) is 69.8 Å². The van der Waals surface area contributed by atoms with Gasteiger partial charge in [0.15, 0.2) is 0 Å². The monoisotopic (exact) mass is 433 g/mol. The Hall–Kier alpha value is -2.40. The molecule has 0 aromatic heterocycles. The van der Waals surface area contributed by atoms with Crippen molar-refractivity contribution in [3.63, 3.8) is 0 Å². The van der Waals surface area contributed by atoms with Gasteiger partial charge in [-0.15, -0.1) is 0 Å². The quantitative estimate of drug-likeness (QED) is 0.365. The number of fused-ring (bicyclic) bond motifs is 1. The molecule has 1 aromatic rings. The molecule has 32 heavy (non-hydrogen) atoms. The average molecular weight is 434 g/mol. The smallest absolute Gasteiger partial charge is 0.0899 e. The number of piperidine rings is 1. The molecule has 1 aromatic carbocycles. The molecule has 5 heteroatoms. The summed E-state index contributed by atoms with van der Waals surface area (Å²) in [5, 5.41) is 15.0. The zero-order valence-electron chi connectivity index (χ0n) is 19.5. The van der Waals surface area contributed by atoms with Crippen molar-refractivity contribution < 1.29 is 0 Å². The van der Waals surface area contributed by atoms with Crippen LogP contribution in [0.2, 0.25) is 0 Å². The maximum Gasteiger partial charge on any atom is 0.0899 e. The van der Waals surface area contributed by atoms with Gasteiger partial charge < -0.3 is 20.9 Å². The first kappa shape index (κ1) is 22.8. The first-order valence-corrected chi connectivity index (χ1v) is 12.4. The predicted molar refractivity (Wildman–Crippen MR) is 136 cm³/mol. The molecule has 0 bridgehead atoms. The minimum absolute atomic E-state index is 0.0629. The lowest BCUT2D eigenvalue weighted by Crippen LogP contribution is -2.47. The van der Waals surface area contributed by atoms with Crippen LogP contribution in [0.5, 0.6) is 0 Å². The third-order valence-electron chi connectivity index (χ3n) is 7.47. The van der Waals surface area contributed by atoms with E-state index in [9.17, 15) is 0 Å². The Morgan fingerprint density at radius 3 is 2.84 bits per heavy atom. The molecule has 2 fully saturated rings. The Kier molecular flexibility index (Phi) is 7.80. The summed E-state index contributed by atoms with van der Waals surface area (Å²) >= 11 is 0. The Morgan fingerprint density at radius 2 is 2.06 bits per heavy atom. The molecule has 3 unspecified atom stereocenters. The van der Waals surface area contributed by atoms with E-state index in [1.807, 2.05) is 36.7 Å². The second kappa shape index (κ2) is 11.0. The molecule has 3 aliphatic rings. The summed E-state index contributed by atoms with van der Waals surface area (Å²) in [6, 6.07) is 9.23. The van der Waals surface area contributed by atoms with Gasteiger partial charge in [0.25, 0.3) is 0 Å². The molecule has 0 radical (unpaired) electrons. The highest BCUT2D eigenvalue weighted by Crippen LogP contribution is 2.33. The maximum atomic E-state index is 7.90. The van der Waals surface area contributed by atoms with Crippen molar-refractivity contribution in [2.24, 2.45) is 10.9 Å². The summed E-state index contributed by atoms with van der Waals surface area (Å²) in [6.45, 7) is 8.83. The molecule has 3 atom stereocenters. The molecular weight excluding hydrogens is 394 g/mol. The highest BCUT2D eigenvalue weighted by atomic mass is 15.2. The molecule has 2 heterocycles. The van der Waals surface area contributed by atoms with E-state index in [1.54, 1.807) is 0 Å². The Bertz CT molecular complexity index is 849. The summed E-state index contributed by atoms with van der Waals surface area (Å²) in [5.41, 5.74) is 4.32. The number of rotatable bonds is 8. The molecule has 3 N–H and O–H groups in total. The number of anilines is 1. The van der Waals surface area contributed by atoms with Gasteiger partial charge >= 0.3 is 0 Å². The van der Waals surface area contributed by atoms with Crippen molar-refractivity contribution in [1.29, 1.82) is 5.41 Å². The maximum absolute atomic E-state index is 7.90. The van der Waals surface area contributed by atoms with Crippen LogP contribution in [0.4, 0.5) is 11.4 Å². The van der Waals surface area contributed by atoms with Gasteiger partial charge in [0, 0.05) is 49.4 Å². The second-order valence-electron chi connectivity index (χ2n) is 9.68. The van der Waals surface area contributed by atoms with Crippen molar-refractivity contribution in [3.8, 4) is 0 Å². The molecular formula is C27H39N5. The van der Waals surface area contributed by atoms with Crippen molar-refractivity contribution in [2.75, 3.05) is 18.4 Å². The Morgan fingerprint density at radius 1 is 1.25 bits per heavy atom. The largest absolute Gasteiger partial charge is 0.388 e. The molecule has 172 valence electrons. The van der Waals surface area contributed by atoms with Crippen molar-refractivity contribution in [1.82, 2.24) is 10.2 Å². The number of benzene rings is 1. The van der Waals surface area contributed by atoms with Gasteiger partial charge in [-0.1, -0.05) is 44.1 Å². The number of nitrogens with zero attached hydrogens (tertiary/aromatic N) is 2. The number of hydrogen-bond donors (Lipinski definition) is 3. The third kappa shape index (κ3) is 5.69. The van der Waals surface area contributed by atoms with Gasteiger partial charge in [-0.25, -0.2) is 0 Å². The SMILES string of the molecule is C=C(CC)CC1CCCC(N2CCC(N/C=C(\C=N)C3C=Nc4ccccc4N3)CC2)C1. The number of hydrogen-bond acceptors (Lipinski definition) is 5. The van der Waals surface area contributed by atoms with E-state index in [0.717, 1.165) is 35.3 Å². The van der Waals surface area contributed by atoms with Crippen LogP contribution in [0.3, 0.4) is 0 Å². The fraction of sp³-hybridized carbons (Fsp3) is 0.556. The predicted octanol–water partition coefficient (Wildman–Crippen LogP) is 5.69. The molecule has 2 aliphatic heterocycles. The van der Waals surface area contributed by atoms with E-state index >= 15 is 0 Å². The summed E-state index contributed by atoms with van der Waals surface area (Å²) in [4.78, 5) is 7.30. The number of likely N-dealkylation sites (tertiary alicyclic amines) is 1. The van der Waals surface area contributed by atoms with E-state index in [0.29, 0.717) is 6.04 Å². The molecule has 5 nitrogen and oxygen atoms in total. The van der Waals surface area contributed by atoms with E-state index in [-0.39, 0.29) is 6.04 Å². The lowest BCUT2D eigenvalue weighted by Gasteiger charge is -2.41. The van der Waals surface area contributed by atoms with Crippen LogP contribution in [-0.2, 0) is 0 Å². The van der Waals surface area contributed by atoms with E-state index in [2.05, 4.69) is 34.0 Å². The van der Waals surface area contributed by atoms with Gasteiger partial charge in [-0.2, -0.15) is 0 Å². The third-order valence-corrected chi connectivity index (χ3v) is 7.47. The van der Waals surface area contributed by atoms with Gasteiger partial charge in [-0.3, -0.25) is 4.99 Å². The van der Waals surface area contributed by atoms with E-state index in [4.69, 9.17) is 5.41 Å². The Balaban J connectivity index is 1.26. The van der Waals surface area contributed by atoms with E-state index < -0.39 is 0 Å². The highest BCUT2D eigenvalue weighted by molar-refractivity contribution is 5.93. The normalized spacial score (nSPS) is 26.8. The van der Waals surface area contributed by atoms with Crippen LogP contribution in [0.1, 0.15) is 58.3 Å². The standard InChI is InChI=1S/C27H39N5/c1-3-20(2)15-21-7-6-8-24(16-21)32-13-11-23(12-14-32)29-18-22(17-28)27-19-30-25-9-4-5-10-26(25)31-27/h4-5,9-10,17-19,21,23-24,27-29,31H,2-3,6-8,11-16H2,1H3/b22-18+,28-17?. The van der Waals surface area contributed by atoms with Crippen LogP contribution in [-0.4, -0.2) is 48.5 Å². The topological polar surface area (TPSA) is 63.5 Å². The van der Waals surface area contributed by atoms with Crippen LogP contribution >= 0.6 is 0 Å². The Labute approximate surface area is 193 Å². The number of allylic oxidation sites excluding steroid dienone is 1. The van der Waals surface area contributed by atoms with Crippen molar-refractivity contribution in [3.05, 3.63) is 48.2 Å². The zero-order chi connectivity index (χ0) is 22.3. The van der Waals surface area contributed by atoms with Gasteiger partial charge in [0.1, 0.15) is 0 Å². The minimum atomic E-state index is -0.0629. The van der Waals surface area contributed by atoms with Gasteiger partial charge in [-0.05, 0) is 56.6 Å². The fourth-order valence-electron chi connectivity index (χ4n) is 5.44. The lowest BCUT2D eigenvalue weighted by atomic mass is 9.80. The van der Waals surface area contributed by atoms with Crippen LogP contribution in [0, 0.1) is 11.3 Å². The van der Waals surface area contributed by atoms with Gasteiger partial charge in [0.2, 0.25) is 0 Å². The number of aliphatic imine (C=N–C) groups is 1. The average Bonchev–Trinajstić information content (AvgIpc) is 2.85.